The van der Waals surface area contributed by atoms with Crippen molar-refractivity contribution in [3.8, 4) is 0 Å². The zero-order valence-electron chi connectivity index (χ0n) is 18.3. The van der Waals surface area contributed by atoms with Crippen LogP contribution in [0.15, 0.2) is 58.7 Å². The van der Waals surface area contributed by atoms with Crippen LogP contribution in [0.2, 0.25) is 10.0 Å². The van der Waals surface area contributed by atoms with E-state index >= 15 is 0 Å². The number of imide groups is 1. The maximum Gasteiger partial charge on any atom is 0.247 e. The molecule has 2 N–H and O–H groups in total. The average molecular weight is 504 g/mol. The van der Waals surface area contributed by atoms with E-state index in [2.05, 4.69) is 10.2 Å². The molecule has 10 heteroatoms. The van der Waals surface area contributed by atoms with Crippen molar-refractivity contribution in [1.82, 2.24) is 0 Å². The molecule has 2 aromatic carbocycles. The number of allylic oxidation sites excluding steroid dienone is 1. The molecule has 0 spiro atoms. The molecule has 1 atom stereocenters. The van der Waals surface area contributed by atoms with Gasteiger partial charge in [0.25, 0.3) is 0 Å². The van der Waals surface area contributed by atoms with Gasteiger partial charge in [-0.1, -0.05) is 53.2 Å². The molecule has 1 heterocycles. The van der Waals surface area contributed by atoms with Crippen LogP contribution >= 0.6 is 35.0 Å². The van der Waals surface area contributed by atoms with Crippen LogP contribution in [0.3, 0.4) is 0 Å². The highest BCUT2D eigenvalue weighted by atomic mass is 35.5. The van der Waals surface area contributed by atoms with E-state index in [-0.39, 0.29) is 28.4 Å². The van der Waals surface area contributed by atoms with Crippen molar-refractivity contribution < 1.29 is 9.59 Å². The van der Waals surface area contributed by atoms with E-state index in [1.807, 2.05) is 55.4 Å². The summed E-state index contributed by atoms with van der Waals surface area (Å²) in [6, 6.07) is 12.7. The molecule has 7 nitrogen and oxygen atoms in total. The van der Waals surface area contributed by atoms with Crippen molar-refractivity contribution in [2.45, 2.75) is 18.6 Å². The van der Waals surface area contributed by atoms with E-state index in [0.717, 1.165) is 27.9 Å². The Labute approximate surface area is 206 Å². The molecule has 172 valence electrons. The van der Waals surface area contributed by atoms with Gasteiger partial charge in [-0.3, -0.25) is 9.59 Å². The summed E-state index contributed by atoms with van der Waals surface area (Å²) in [5, 5.41) is 8.10. The lowest BCUT2D eigenvalue weighted by molar-refractivity contribution is -0.121. The Hall–Kier alpha value is -2.81. The zero-order valence-corrected chi connectivity index (χ0v) is 20.7. The van der Waals surface area contributed by atoms with Crippen molar-refractivity contribution in [2.75, 3.05) is 23.9 Å². The van der Waals surface area contributed by atoms with Gasteiger partial charge >= 0.3 is 0 Å². The van der Waals surface area contributed by atoms with Gasteiger partial charge in [0.1, 0.15) is 5.25 Å². The minimum atomic E-state index is -0.683. The fourth-order valence-corrected chi connectivity index (χ4v) is 4.13. The topological polar surface area (TPSA) is 91.4 Å². The molecule has 0 aromatic heterocycles. The third kappa shape index (κ3) is 6.37. The molecule has 1 saturated heterocycles. The number of rotatable bonds is 6. The van der Waals surface area contributed by atoms with E-state index in [9.17, 15) is 9.59 Å². The third-order valence-electron chi connectivity index (χ3n) is 4.76. The molecule has 3 rings (SSSR count). The molecule has 2 aromatic rings. The van der Waals surface area contributed by atoms with Crippen molar-refractivity contribution in [3.63, 3.8) is 0 Å². The van der Waals surface area contributed by atoms with Crippen LogP contribution in [0.1, 0.15) is 18.9 Å². The van der Waals surface area contributed by atoms with Crippen LogP contribution in [0.4, 0.5) is 11.4 Å². The van der Waals surface area contributed by atoms with E-state index < -0.39 is 5.25 Å². The van der Waals surface area contributed by atoms with Gasteiger partial charge in [-0.25, -0.2) is 4.90 Å². The summed E-state index contributed by atoms with van der Waals surface area (Å²) >= 11 is 12.9. The standard InChI is InChI=1S/C23H23Cl2N5O2S/c1-14(4-5-15-6-8-16(9-7-15)29(2)3)27-28-23(26)33-20-13-21(31)30(22(20)32)17-10-11-18(24)19(25)12-17/h4-12,20H,13H2,1-3H3,(H2,26,28)/b5-4+,27-14-/t20-/m0/s1. The Bertz CT molecular complexity index is 1150. The molecular formula is C23H23Cl2N5O2S. The van der Waals surface area contributed by atoms with Gasteiger partial charge in [0.15, 0.2) is 5.17 Å². The van der Waals surface area contributed by atoms with E-state index in [1.165, 1.54) is 12.1 Å². The SMILES string of the molecule is CC(/C=C/c1ccc(N(C)C)cc1)=N/N=C(N)S[C@H]1CC(=O)N(c2ccc(Cl)c(Cl)c2)C1=O. The summed E-state index contributed by atoms with van der Waals surface area (Å²) in [6.07, 6.45) is 3.75. The summed E-state index contributed by atoms with van der Waals surface area (Å²) < 4.78 is 0. The second-order valence-electron chi connectivity index (χ2n) is 7.48. The van der Waals surface area contributed by atoms with Crippen molar-refractivity contribution >= 4 is 75.1 Å². The van der Waals surface area contributed by atoms with Crippen LogP contribution in [-0.4, -0.2) is 42.0 Å². The summed E-state index contributed by atoms with van der Waals surface area (Å²) in [5.74, 6) is -0.727. The number of thioether (sulfide) groups is 1. The number of halogens is 2. The lowest BCUT2D eigenvalue weighted by atomic mass is 10.2. The van der Waals surface area contributed by atoms with E-state index in [4.69, 9.17) is 28.9 Å². The zero-order chi connectivity index (χ0) is 24.1. The fraction of sp³-hybridized carbons (Fsp3) is 0.217. The smallest absolute Gasteiger partial charge is 0.247 e. The van der Waals surface area contributed by atoms with Crippen LogP contribution < -0.4 is 15.5 Å². The van der Waals surface area contributed by atoms with Crippen molar-refractivity contribution in [2.24, 2.45) is 15.9 Å². The molecule has 1 aliphatic heterocycles. The number of nitrogens with two attached hydrogens (primary N) is 1. The Balaban J connectivity index is 1.62. The molecule has 0 bridgehead atoms. The van der Waals surface area contributed by atoms with Crippen LogP contribution in [0.5, 0.6) is 0 Å². The largest absolute Gasteiger partial charge is 0.378 e. The predicted octanol–water partition coefficient (Wildman–Crippen LogP) is 4.83. The normalized spacial score (nSPS) is 17.4. The van der Waals surface area contributed by atoms with Crippen LogP contribution in [0.25, 0.3) is 6.08 Å². The predicted molar refractivity (Wildman–Crippen MR) is 139 cm³/mol. The highest BCUT2D eigenvalue weighted by Crippen LogP contribution is 2.33. The second-order valence-corrected chi connectivity index (χ2v) is 9.51. The Morgan fingerprint density at radius 2 is 1.82 bits per heavy atom. The Kier molecular flexibility index (Phi) is 8.18. The van der Waals surface area contributed by atoms with Gasteiger partial charge < -0.3 is 10.6 Å². The number of benzene rings is 2. The summed E-state index contributed by atoms with van der Waals surface area (Å²) in [7, 11) is 3.98. The van der Waals surface area contributed by atoms with Crippen LogP contribution in [0, 0.1) is 0 Å². The number of carbonyl (C=O) groups is 2. The highest BCUT2D eigenvalue weighted by molar-refractivity contribution is 8.14. The molecule has 1 fully saturated rings. The maximum atomic E-state index is 12.8. The number of hydrogen-bond acceptors (Lipinski definition) is 6. The second kappa shape index (κ2) is 10.9. The number of nitrogens with zero attached hydrogens (tertiary/aromatic N) is 4. The Morgan fingerprint density at radius 1 is 1.12 bits per heavy atom. The molecule has 0 aliphatic carbocycles. The molecular weight excluding hydrogens is 481 g/mol. The highest BCUT2D eigenvalue weighted by Gasteiger charge is 2.40. The molecule has 2 amide bonds. The molecule has 0 radical (unpaired) electrons. The first-order valence-electron chi connectivity index (χ1n) is 9.97. The first-order valence-corrected chi connectivity index (χ1v) is 11.6. The molecule has 0 unspecified atom stereocenters. The third-order valence-corrected chi connectivity index (χ3v) is 6.48. The first-order chi connectivity index (χ1) is 15.7. The maximum absolute atomic E-state index is 12.8. The van der Waals surface area contributed by atoms with Gasteiger partial charge in [0.05, 0.1) is 21.4 Å². The van der Waals surface area contributed by atoms with Crippen LogP contribution in [-0.2, 0) is 9.59 Å². The van der Waals surface area contributed by atoms with Gasteiger partial charge in [-0.15, -0.1) is 5.10 Å². The summed E-state index contributed by atoms with van der Waals surface area (Å²) in [5.41, 5.74) is 9.10. The summed E-state index contributed by atoms with van der Waals surface area (Å²) in [6.45, 7) is 1.79. The number of anilines is 2. The molecule has 0 saturated carbocycles. The van der Waals surface area contributed by atoms with Gasteiger partial charge in [0, 0.05) is 26.2 Å². The van der Waals surface area contributed by atoms with Crippen molar-refractivity contribution in [3.05, 3.63) is 64.1 Å². The molecule has 33 heavy (non-hydrogen) atoms. The minimum absolute atomic E-state index is 0.00546. The Morgan fingerprint density at radius 3 is 2.45 bits per heavy atom. The monoisotopic (exact) mass is 503 g/mol. The van der Waals surface area contributed by atoms with Crippen molar-refractivity contribution in [1.29, 1.82) is 0 Å². The molecule has 1 aliphatic rings. The average Bonchev–Trinajstić information content (AvgIpc) is 3.05. The number of carbonyl (C=O) groups excluding carboxylic acids is 2. The van der Waals surface area contributed by atoms with E-state index in [1.54, 1.807) is 13.0 Å². The van der Waals surface area contributed by atoms with E-state index in [0.29, 0.717) is 16.4 Å². The van der Waals surface area contributed by atoms with Gasteiger partial charge in [-0.05, 0) is 48.9 Å². The number of hydrogen-bond donors (Lipinski definition) is 1. The first kappa shape index (κ1) is 24.8. The summed E-state index contributed by atoms with van der Waals surface area (Å²) in [4.78, 5) is 28.3. The lowest BCUT2D eigenvalue weighted by Gasteiger charge is -2.15. The number of amidine groups is 1. The lowest BCUT2D eigenvalue weighted by Crippen LogP contribution is -2.31. The fourth-order valence-electron chi connectivity index (χ4n) is 3.02. The van der Waals surface area contributed by atoms with Gasteiger partial charge in [0.2, 0.25) is 11.8 Å². The van der Waals surface area contributed by atoms with Gasteiger partial charge in [-0.2, -0.15) is 5.10 Å². The minimum Gasteiger partial charge on any atom is -0.378 e. The number of amides is 2. The quantitative estimate of drug-likeness (QED) is 0.263.